The standard InChI is InChI=1S/C19H17F6N5O2/c1-26-10-3-5-30(8-10)13-7-9(18(20,21)22)6-12(28-13)11-2-4-27-16-14(11)15(19(23,24)25)32-17(31)29-16/h2,4,6-7,10,15,26H,3,5,8H2,1H3,(H,27,29,31)/t10-,15+/m0/s1. The number of pyridine rings is 2. The second-order valence-corrected chi connectivity index (χ2v) is 7.39. The molecule has 1 saturated heterocycles. The minimum Gasteiger partial charge on any atom is -0.431 e. The van der Waals surface area contributed by atoms with E-state index in [-0.39, 0.29) is 23.1 Å². The number of halogens is 6. The summed E-state index contributed by atoms with van der Waals surface area (Å²) in [5.74, 6) is -0.458. The fourth-order valence-electron chi connectivity index (χ4n) is 3.77. The van der Waals surface area contributed by atoms with E-state index < -0.39 is 41.5 Å². The predicted molar refractivity (Wildman–Crippen MR) is 101 cm³/mol. The van der Waals surface area contributed by atoms with Crippen LogP contribution in [0.3, 0.4) is 0 Å². The number of fused-ring (bicyclic) bond motifs is 1. The zero-order chi connectivity index (χ0) is 23.3. The number of ether oxygens (including phenoxy) is 1. The molecule has 2 aliphatic rings. The number of carbonyl (C=O) groups is 1. The third-order valence-corrected chi connectivity index (χ3v) is 5.33. The Hall–Kier alpha value is -3.09. The van der Waals surface area contributed by atoms with Crippen LogP contribution in [-0.2, 0) is 10.9 Å². The fourth-order valence-corrected chi connectivity index (χ4v) is 3.77. The molecule has 2 N–H and O–H groups in total. The number of hydrogen-bond donors (Lipinski definition) is 2. The van der Waals surface area contributed by atoms with Gasteiger partial charge in [-0.3, -0.25) is 5.32 Å². The van der Waals surface area contributed by atoms with Crippen molar-refractivity contribution in [2.45, 2.75) is 30.9 Å². The van der Waals surface area contributed by atoms with E-state index in [0.29, 0.717) is 25.6 Å². The summed E-state index contributed by atoms with van der Waals surface area (Å²) in [5.41, 5.74) is -2.27. The van der Waals surface area contributed by atoms with Crippen molar-refractivity contribution in [2.24, 2.45) is 0 Å². The zero-order valence-electron chi connectivity index (χ0n) is 16.5. The van der Waals surface area contributed by atoms with Gasteiger partial charge in [0.15, 0.2) is 0 Å². The van der Waals surface area contributed by atoms with Gasteiger partial charge in [-0.2, -0.15) is 26.3 Å². The van der Waals surface area contributed by atoms with Crippen molar-refractivity contribution in [3.8, 4) is 11.3 Å². The molecule has 13 heteroatoms. The van der Waals surface area contributed by atoms with Crippen LogP contribution in [0.1, 0.15) is 23.7 Å². The minimum absolute atomic E-state index is 0.0116. The average Bonchev–Trinajstić information content (AvgIpc) is 3.20. The topological polar surface area (TPSA) is 79.4 Å². The van der Waals surface area contributed by atoms with Gasteiger partial charge in [-0.1, -0.05) is 0 Å². The van der Waals surface area contributed by atoms with E-state index in [2.05, 4.69) is 25.3 Å². The number of carbonyl (C=O) groups excluding carboxylic acids is 1. The Morgan fingerprint density at radius 2 is 1.97 bits per heavy atom. The number of cyclic esters (lactones) is 1. The molecule has 2 aromatic heterocycles. The fraction of sp³-hybridized carbons (Fsp3) is 0.421. The number of anilines is 2. The maximum atomic E-state index is 13.6. The molecule has 0 radical (unpaired) electrons. The van der Waals surface area contributed by atoms with Gasteiger partial charge in [0.1, 0.15) is 11.6 Å². The van der Waals surface area contributed by atoms with Gasteiger partial charge in [0, 0.05) is 30.9 Å². The molecule has 2 aliphatic heterocycles. The van der Waals surface area contributed by atoms with Crippen LogP contribution < -0.4 is 15.5 Å². The molecule has 0 aromatic carbocycles. The molecule has 0 aliphatic carbocycles. The summed E-state index contributed by atoms with van der Waals surface area (Å²) in [4.78, 5) is 21.2. The third kappa shape index (κ3) is 4.16. The Labute approximate surface area is 177 Å². The monoisotopic (exact) mass is 461 g/mol. The van der Waals surface area contributed by atoms with Crippen LogP contribution in [0.5, 0.6) is 0 Å². The van der Waals surface area contributed by atoms with Crippen molar-refractivity contribution in [2.75, 3.05) is 30.4 Å². The molecule has 0 spiro atoms. The summed E-state index contributed by atoms with van der Waals surface area (Å²) in [6.07, 6.45) is -12.1. The number of hydrogen-bond acceptors (Lipinski definition) is 6. The lowest BCUT2D eigenvalue weighted by Crippen LogP contribution is -2.34. The third-order valence-electron chi connectivity index (χ3n) is 5.33. The van der Waals surface area contributed by atoms with Crippen molar-refractivity contribution in [1.29, 1.82) is 0 Å². The Kier molecular flexibility index (Phi) is 5.39. The van der Waals surface area contributed by atoms with Crippen LogP contribution in [-0.4, -0.2) is 48.4 Å². The summed E-state index contributed by atoms with van der Waals surface area (Å²) >= 11 is 0. The lowest BCUT2D eigenvalue weighted by Gasteiger charge is -2.29. The second kappa shape index (κ2) is 7.80. The SMILES string of the molecule is CN[C@H]1CCN(c2cc(C(F)(F)F)cc(-c3ccnc4c3[C@H](C(F)(F)F)OC(=O)N4)n2)C1. The van der Waals surface area contributed by atoms with Gasteiger partial charge in [0.05, 0.1) is 16.8 Å². The van der Waals surface area contributed by atoms with E-state index in [4.69, 9.17) is 0 Å². The first-order valence-corrected chi connectivity index (χ1v) is 9.52. The Morgan fingerprint density at radius 1 is 1.22 bits per heavy atom. The highest BCUT2D eigenvalue weighted by Crippen LogP contribution is 2.46. The van der Waals surface area contributed by atoms with Crippen LogP contribution >= 0.6 is 0 Å². The van der Waals surface area contributed by atoms with Crippen LogP contribution in [0.4, 0.5) is 42.8 Å². The van der Waals surface area contributed by atoms with E-state index in [0.717, 1.165) is 18.3 Å². The van der Waals surface area contributed by atoms with Crippen molar-refractivity contribution in [3.63, 3.8) is 0 Å². The maximum Gasteiger partial charge on any atom is 0.430 e. The average molecular weight is 461 g/mol. The number of alkyl halides is 6. The Morgan fingerprint density at radius 3 is 2.59 bits per heavy atom. The van der Waals surface area contributed by atoms with E-state index in [1.807, 2.05) is 0 Å². The van der Waals surface area contributed by atoms with Gasteiger partial charge in [-0.05, 0) is 31.7 Å². The number of aromatic nitrogens is 2. The maximum absolute atomic E-state index is 13.6. The second-order valence-electron chi connectivity index (χ2n) is 7.39. The molecule has 1 fully saturated rings. The van der Waals surface area contributed by atoms with E-state index in [9.17, 15) is 31.1 Å². The van der Waals surface area contributed by atoms with Crippen LogP contribution in [0.25, 0.3) is 11.3 Å². The highest BCUT2D eigenvalue weighted by Gasteiger charge is 2.49. The minimum atomic E-state index is -5.01. The van der Waals surface area contributed by atoms with Crippen LogP contribution in [0, 0.1) is 0 Å². The van der Waals surface area contributed by atoms with Gasteiger partial charge >= 0.3 is 18.4 Å². The van der Waals surface area contributed by atoms with Gasteiger partial charge in [0.2, 0.25) is 6.10 Å². The summed E-state index contributed by atoms with van der Waals surface area (Å²) in [6, 6.07) is 2.70. The smallest absolute Gasteiger partial charge is 0.430 e. The van der Waals surface area contributed by atoms with Crippen LogP contribution in [0.15, 0.2) is 24.4 Å². The summed E-state index contributed by atoms with van der Waals surface area (Å²) in [7, 11) is 1.73. The number of nitrogens with one attached hydrogen (secondary N) is 2. The van der Waals surface area contributed by atoms with Gasteiger partial charge < -0.3 is 15.0 Å². The van der Waals surface area contributed by atoms with Crippen molar-refractivity contribution >= 4 is 17.7 Å². The number of likely N-dealkylation sites (N-methyl/N-ethyl adjacent to an activating group) is 1. The highest BCUT2D eigenvalue weighted by molar-refractivity contribution is 5.89. The molecule has 1 amide bonds. The molecule has 0 bridgehead atoms. The highest BCUT2D eigenvalue weighted by atomic mass is 19.4. The molecule has 0 saturated carbocycles. The first-order valence-electron chi connectivity index (χ1n) is 9.52. The van der Waals surface area contributed by atoms with Crippen molar-refractivity contribution in [1.82, 2.24) is 15.3 Å². The molecular formula is C19H17F6N5O2. The molecule has 2 aromatic rings. The Bertz CT molecular complexity index is 1040. The van der Waals surface area contributed by atoms with Crippen LogP contribution in [0.2, 0.25) is 0 Å². The summed E-state index contributed by atoms with van der Waals surface area (Å²) < 4.78 is 86.1. The quantitative estimate of drug-likeness (QED) is 0.670. The number of rotatable bonds is 3. The first-order chi connectivity index (χ1) is 15.0. The molecule has 4 rings (SSSR count). The molecular weight excluding hydrogens is 444 g/mol. The molecule has 172 valence electrons. The van der Waals surface area contributed by atoms with E-state index >= 15 is 0 Å². The van der Waals surface area contributed by atoms with E-state index in [1.54, 1.807) is 11.9 Å². The van der Waals surface area contributed by atoms with Crippen molar-refractivity contribution in [3.05, 3.63) is 35.5 Å². The summed E-state index contributed by atoms with van der Waals surface area (Å²) in [6.45, 7) is 0.821. The molecule has 4 heterocycles. The van der Waals surface area contributed by atoms with Crippen molar-refractivity contribution < 1.29 is 35.9 Å². The van der Waals surface area contributed by atoms with Gasteiger partial charge in [0.25, 0.3) is 0 Å². The van der Waals surface area contributed by atoms with E-state index in [1.165, 1.54) is 0 Å². The summed E-state index contributed by atoms with van der Waals surface area (Å²) in [5, 5.41) is 5.10. The zero-order valence-corrected chi connectivity index (χ0v) is 16.5. The number of nitrogens with zero attached hydrogens (tertiary/aromatic N) is 3. The molecule has 7 nitrogen and oxygen atoms in total. The van der Waals surface area contributed by atoms with Gasteiger partial charge in [-0.15, -0.1) is 0 Å². The number of amides is 1. The van der Waals surface area contributed by atoms with Gasteiger partial charge in [-0.25, -0.2) is 14.8 Å². The predicted octanol–water partition coefficient (Wildman–Crippen LogP) is 4.13. The Balaban J connectivity index is 1.88. The molecule has 2 atom stereocenters. The lowest BCUT2D eigenvalue weighted by molar-refractivity contribution is -0.206. The lowest BCUT2D eigenvalue weighted by atomic mass is 9.98. The largest absolute Gasteiger partial charge is 0.431 e. The molecule has 32 heavy (non-hydrogen) atoms. The normalized spacial score (nSPS) is 21.2. The first kappa shape index (κ1) is 22.1. The molecule has 0 unspecified atom stereocenters.